The van der Waals surface area contributed by atoms with E-state index in [4.69, 9.17) is 9.47 Å². The van der Waals surface area contributed by atoms with E-state index in [0.717, 1.165) is 24.2 Å². The van der Waals surface area contributed by atoms with Crippen LogP contribution in [0, 0.1) is 5.41 Å². The van der Waals surface area contributed by atoms with Gasteiger partial charge in [-0.2, -0.15) is 0 Å². The van der Waals surface area contributed by atoms with E-state index in [0.29, 0.717) is 12.5 Å². The molecule has 3 unspecified atom stereocenters. The average Bonchev–Trinajstić information content (AvgIpc) is 3.28. The molecular formula is C22H23NO2. The number of para-hydroxylation sites is 1. The van der Waals surface area contributed by atoms with Crippen molar-refractivity contribution in [3.8, 4) is 5.75 Å². The van der Waals surface area contributed by atoms with Crippen LogP contribution in [0.1, 0.15) is 43.2 Å². The molecular weight excluding hydrogens is 310 g/mol. The summed E-state index contributed by atoms with van der Waals surface area (Å²) < 4.78 is 12.3. The molecule has 2 aliphatic rings. The van der Waals surface area contributed by atoms with E-state index in [1.165, 1.54) is 22.9 Å². The standard InChI is InChI=1S/C22H23NO2/c1-22(21-24-14-18-4-2-3-5-20(18)25-21)10-8-17(13-22)15-6-7-19-16(12-15)9-11-23-19/h2-7,9,11-12,17,21,23H,8,10,13-14H2,1H3. The fourth-order valence-corrected chi connectivity index (χ4v) is 4.49. The van der Waals surface area contributed by atoms with Gasteiger partial charge in [-0.1, -0.05) is 31.2 Å². The summed E-state index contributed by atoms with van der Waals surface area (Å²) in [6.45, 7) is 2.97. The lowest BCUT2D eigenvalue weighted by molar-refractivity contribution is -0.172. The van der Waals surface area contributed by atoms with E-state index < -0.39 is 0 Å². The minimum Gasteiger partial charge on any atom is -0.464 e. The molecule has 128 valence electrons. The highest BCUT2D eigenvalue weighted by Crippen LogP contribution is 2.51. The third kappa shape index (κ3) is 2.54. The Bertz CT molecular complexity index is 915. The summed E-state index contributed by atoms with van der Waals surface area (Å²) in [7, 11) is 0. The number of aromatic amines is 1. The van der Waals surface area contributed by atoms with Crippen LogP contribution >= 0.6 is 0 Å². The van der Waals surface area contributed by atoms with Crippen LogP contribution in [0.3, 0.4) is 0 Å². The van der Waals surface area contributed by atoms with Crippen LogP contribution in [0.25, 0.3) is 10.9 Å². The molecule has 1 fully saturated rings. The number of hydrogen-bond donors (Lipinski definition) is 1. The fourth-order valence-electron chi connectivity index (χ4n) is 4.49. The van der Waals surface area contributed by atoms with E-state index in [1.54, 1.807) is 0 Å². The largest absolute Gasteiger partial charge is 0.464 e. The van der Waals surface area contributed by atoms with Crippen LogP contribution in [0.4, 0.5) is 0 Å². The number of H-pyrrole nitrogens is 1. The van der Waals surface area contributed by atoms with Gasteiger partial charge in [-0.3, -0.25) is 0 Å². The van der Waals surface area contributed by atoms with Gasteiger partial charge in [0, 0.05) is 22.7 Å². The second kappa shape index (κ2) is 5.63. The average molecular weight is 333 g/mol. The van der Waals surface area contributed by atoms with Gasteiger partial charge < -0.3 is 14.5 Å². The predicted octanol–water partition coefficient (Wildman–Crippen LogP) is 5.38. The van der Waals surface area contributed by atoms with Crippen molar-refractivity contribution in [2.75, 3.05) is 0 Å². The number of ether oxygens (including phenoxy) is 2. The highest BCUT2D eigenvalue weighted by atomic mass is 16.7. The molecule has 2 aromatic carbocycles. The third-order valence-electron chi connectivity index (χ3n) is 5.99. The number of aromatic nitrogens is 1. The Morgan fingerprint density at radius 2 is 2.04 bits per heavy atom. The molecule has 1 aliphatic carbocycles. The Balaban J connectivity index is 1.37. The number of hydrogen-bond acceptors (Lipinski definition) is 2. The molecule has 1 N–H and O–H groups in total. The Morgan fingerprint density at radius 1 is 1.12 bits per heavy atom. The van der Waals surface area contributed by atoms with E-state index >= 15 is 0 Å². The van der Waals surface area contributed by atoms with Gasteiger partial charge >= 0.3 is 0 Å². The van der Waals surface area contributed by atoms with Crippen molar-refractivity contribution < 1.29 is 9.47 Å². The molecule has 0 bridgehead atoms. The van der Waals surface area contributed by atoms with Gasteiger partial charge in [-0.05, 0) is 60.4 Å². The molecule has 3 aromatic rings. The van der Waals surface area contributed by atoms with Crippen LogP contribution in [-0.4, -0.2) is 11.3 Å². The smallest absolute Gasteiger partial charge is 0.205 e. The lowest BCUT2D eigenvalue weighted by Crippen LogP contribution is -2.39. The molecule has 1 aromatic heterocycles. The Kier molecular flexibility index (Phi) is 3.39. The van der Waals surface area contributed by atoms with Gasteiger partial charge in [-0.25, -0.2) is 0 Å². The zero-order chi connectivity index (χ0) is 16.9. The monoisotopic (exact) mass is 333 g/mol. The van der Waals surface area contributed by atoms with Crippen molar-refractivity contribution in [3.63, 3.8) is 0 Å². The molecule has 3 heteroatoms. The molecule has 0 radical (unpaired) electrons. The van der Waals surface area contributed by atoms with Crippen molar-refractivity contribution in [1.29, 1.82) is 0 Å². The molecule has 3 nitrogen and oxygen atoms in total. The summed E-state index contributed by atoms with van der Waals surface area (Å²) in [5.74, 6) is 1.56. The molecule has 0 amide bonds. The van der Waals surface area contributed by atoms with Crippen LogP contribution in [0.5, 0.6) is 5.75 Å². The SMILES string of the molecule is CC1(C2OCc3ccccc3O2)CCC(c2ccc3[nH]ccc3c2)C1. The van der Waals surface area contributed by atoms with Crippen LogP contribution < -0.4 is 4.74 Å². The van der Waals surface area contributed by atoms with Gasteiger partial charge in [0.1, 0.15) is 5.75 Å². The number of rotatable bonds is 2. The summed E-state index contributed by atoms with van der Waals surface area (Å²) >= 11 is 0. The fraction of sp³-hybridized carbons (Fsp3) is 0.364. The van der Waals surface area contributed by atoms with Gasteiger partial charge in [0.25, 0.3) is 0 Å². The first-order valence-electron chi connectivity index (χ1n) is 9.14. The van der Waals surface area contributed by atoms with Crippen molar-refractivity contribution in [3.05, 3.63) is 65.9 Å². The maximum Gasteiger partial charge on any atom is 0.205 e. The van der Waals surface area contributed by atoms with Gasteiger partial charge in [-0.15, -0.1) is 0 Å². The van der Waals surface area contributed by atoms with E-state index in [1.807, 2.05) is 18.3 Å². The first kappa shape index (κ1) is 15.0. The topological polar surface area (TPSA) is 34.2 Å². The van der Waals surface area contributed by atoms with Crippen molar-refractivity contribution >= 4 is 10.9 Å². The normalized spacial score (nSPS) is 28.7. The van der Waals surface area contributed by atoms with Crippen molar-refractivity contribution in [2.24, 2.45) is 5.41 Å². The Labute approximate surface area is 148 Å². The summed E-state index contributed by atoms with van der Waals surface area (Å²) in [6.07, 6.45) is 5.29. The maximum atomic E-state index is 6.23. The van der Waals surface area contributed by atoms with Crippen molar-refractivity contribution in [2.45, 2.75) is 45.0 Å². The number of nitrogens with one attached hydrogen (secondary N) is 1. The van der Waals surface area contributed by atoms with Gasteiger partial charge in [0.05, 0.1) is 6.61 Å². The maximum absolute atomic E-state index is 6.23. The highest BCUT2D eigenvalue weighted by Gasteiger charge is 2.45. The lowest BCUT2D eigenvalue weighted by atomic mass is 9.85. The Morgan fingerprint density at radius 3 is 3.00 bits per heavy atom. The van der Waals surface area contributed by atoms with Crippen LogP contribution in [0.15, 0.2) is 54.7 Å². The predicted molar refractivity (Wildman–Crippen MR) is 98.6 cm³/mol. The van der Waals surface area contributed by atoms with Gasteiger partial charge in [0.2, 0.25) is 6.29 Å². The molecule has 0 saturated heterocycles. The van der Waals surface area contributed by atoms with Crippen LogP contribution in [-0.2, 0) is 11.3 Å². The quantitative estimate of drug-likeness (QED) is 0.683. The molecule has 1 aliphatic heterocycles. The lowest BCUT2D eigenvalue weighted by Gasteiger charge is -2.37. The summed E-state index contributed by atoms with van der Waals surface area (Å²) in [6, 6.07) is 17.2. The minimum atomic E-state index is -0.150. The second-order valence-electron chi connectivity index (χ2n) is 7.79. The van der Waals surface area contributed by atoms with Gasteiger partial charge in [0.15, 0.2) is 0 Å². The molecule has 2 heterocycles. The first-order valence-corrected chi connectivity index (χ1v) is 9.14. The first-order chi connectivity index (χ1) is 12.2. The van der Waals surface area contributed by atoms with E-state index in [-0.39, 0.29) is 11.7 Å². The molecule has 3 atom stereocenters. The summed E-state index contributed by atoms with van der Waals surface area (Å²) in [5.41, 5.74) is 3.85. The molecule has 25 heavy (non-hydrogen) atoms. The molecule has 1 saturated carbocycles. The summed E-state index contributed by atoms with van der Waals surface area (Å²) in [4.78, 5) is 3.27. The molecule has 5 rings (SSSR count). The van der Waals surface area contributed by atoms with E-state index in [2.05, 4.69) is 48.3 Å². The minimum absolute atomic E-state index is 0.0608. The highest BCUT2D eigenvalue weighted by molar-refractivity contribution is 5.80. The third-order valence-corrected chi connectivity index (χ3v) is 5.99. The Hall–Kier alpha value is -2.26. The number of fused-ring (bicyclic) bond motifs is 2. The zero-order valence-electron chi connectivity index (χ0n) is 14.5. The second-order valence-corrected chi connectivity index (χ2v) is 7.79. The van der Waals surface area contributed by atoms with E-state index in [9.17, 15) is 0 Å². The summed E-state index contributed by atoms with van der Waals surface area (Å²) in [5, 5.41) is 1.30. The zero-order valence-corrected chi connectivity index (χ0v) is 14.5. The van der Waals surface area contributed by atoms with Crippen molar-refractivity contribution in [1.82, 2.24) is 4.98 Å². The molecule has 0 spiro atoms. The van der Waals surface area contributed by atoms with Crippen LogP contribution in [0.2, 0.25) is 0 Å². The number of benzene rings is 2.